The third-order valence-corrected chi connectivity index (χ3v) is 1.35. The molecule has 0 spiro atoms. The third kappa shape index (κ3) is 11.0. The molecule has 0 aromatic carbocycles. The van der Waals surface area contributed by atoms with Crippen LogP contribution in [-0.4, -0.2) is 22.8 Å². The second-order valence-corrected chi connectivity index (χ2v) is 4.21. The van der Waals surface area contributed by atoms with E-state index in [0.29, 0.717) is 0 Å². The Morgan fingerprint density at radius 2 is 1.85 bits per heavy atom. The molecule has 0 unspecified atom stereocenters. The number of aromatic nitrogens is 1. The van der Waals surface area contributed by atoms with Crippen LogP contribution in [0.25, 0.3) is 0 Å². The van der Waals surface area contributed by atoms with Crippen molar-refractivity contribution in [3.8, 4) is 0 Å². The molecule has 1 aromatic heterocycles. The zero-order valence-corrected chi connectivity index (χ0v) is 12.4. The van der Waals surface area contributed by atoms with Gasteiger partial charge in [-0.05, 0) is 20.8 Å². The SMILES string of the molecule is CC.CC(C)(C)OC(N)=O.NC(=O)c1cc(CF)on1. The number of primary amides is 2. The van der Waals surface area contributed by atoms with Crippen LogP contribution in [0.2, 0.25) is 0 Å². The quantitative estimate of drug-likeness (QED) is 0.864. The van der Waals surface area contributed by atoms with E-state index in [1.54, 1.807) is 20.8 Å². The number of carbonyl (C=O) groups is 2. The lowest BCUT2D eigenvalue weighted by molar-refractivity contribution is 0.0600. The van der Waals surface area contributed by atoms with Gasteiger partial charge in [0.2, 0.25) is 0 Å². The number of hydrogen-bond acceptors (Lipinski definition) is 5. The van der Waals surface area contributed by atoms with Gasteiger partial charge in [-0.15, -0.1) is 0 Å². The Hall–Kier alpha value is -2.12. The molecule has 0 atom stereocenters. The average Bonchev–Trinajstić information content (AvgIpc) is 2.77. The van der Waals surface area contributed by atoms with E-state index in [9.17, 15) is 14.0 Å². The van der Waals surface area contributed by atoms with Crippen molar-refractivity contribution in [3.63, 3.8) is 0 Å². The van der Waals surface area contributed by atoms with Crippen LogP contribution < -0.4 is 11.5 Å². The highest BCUT2D eigenvalue weighted by Crippen LogP contribution is 2.05. The van der Waals surface area contributed by atoms with Gasteiger partial charge < -0.3 is 20.7 Å². The lowest BCUT2D eigenvalue weighted by Gasteiger charge is -2.16. The fourth-order valence-corrected chi connectivity index (χ4v) is 0.794. The Kier molecular flexibility index (Phi) is 9.86. The Morgan fingerprint density at radius 1 is 1.35 bits per heavy atom. The minimum Gasteiger partial charge on any atom is -0.444 e. The lowest BCUT2D eigenvalue weighted by Crippen LogP contribution is -2.27. The Balaban J connectivity index is 0. The predicted molar refractivity (Wildman–Crippen MR) is 71.6 cm³/mol. The van der Waals surface area contributed by atoms with Gasteiger partial charge in [-0.25, -0.2) is 9.18 Å². The molecular formula is C12H22FN3O4. The Bertz CT molecular complexity index is 413. The summed E-state index contributed by atoms with van der Waals surface area (Å²) in [6, 6.07) is 1.17. The highest BCUT2D eigenvalue weighted by Gasteiger charge is 2.12. The number of rotatable bonds is 2. The maximum atomic E-state index is 11.7. The highest BCUT2D eigenvalue weighted by molar-refractivity contribution is 5.90. The lowest BCUT2D eigenvalue weighted by atomic mass is 10.2. The van der Waals surface area contributed by atoms with Crippen molar-refractivity contribution < 1.29 is 23.2 Å². The predicted octanol–water partition coefficient (Wildman–Crippen LogP) is 2.15. The molecule has 20 heavy (non-hydrogen) atoms. The van der Waals surface area contributed by atoms with E-state index >= 15 is 0 Å². The molecule has 116 valence electrons. The van der Waals surface area contributed by atoms with E-state index in [4.69, 9.17) is 11.5 Å². The van der Waals surface area contributed by atoms with Crippen molar-refractivity contribution >= 4 is 12.0 Å². The van der Waals surface area contributed by atoms with E-state index in [2.05, 4.69) is 14.4 Å². The summed E-state index contributed by atoms with van der Waals surface area (Å²) >= 11 is 0. The molecule has 0 saturated carbocycles. The van der Waals surface area contributed by atoms with Crippen LogP contribution in [0, 0.1) is 0 Å². The normalized spacial score (nSPS) is 9.50. The van der Waals surface area contributed by atoms with E-state index in [0.717, 1.165) is 0 Å². The van der Waals surface area contributed by atoms with Crippen LogP contribution in [0.3, 0.4) is 0 Å². The molecule has 8 heteroatoms. The van der Waals surface area contributed by atoms with Gasteiger partial charge in [0.25, 0.3) is 5.91 Å². The van der Waals surface area contributed by atoms with Gasteiger partial charge >= 0.3 is 6.09 Å². The molecule has 0 aliphatic heterocycles. The third-order valence-electron chi connectivity index (χ3n) is 1.35. The molecule has 0 aliphatic rings. The van der Waals surface area contributed by atoms with Crippen LogP contribution in [0.5, 0.6) is 0 Å². The number of nitrogens with zero attached hydrogens (tertiary/aromatic N) is 1. The van der Waals surface area contributed by atoms with Crippen molar-refractivity contribution in [2.45, 2.75) is 46.9 Å². The Morgan fingerprint density at radius 3 is 2.00 bits per heavy atom. The monoisotopic (exact) mass is 291 g/mol. The summed E-state index contributed by atoms with van der Waals surface area (Å²) in [5.74, 6) is -0.711. The van der Waals surface area contributed by atoms with Gasteiger partial charge in [-0.1, -0.05) is 19.0 Å². The summed E-state index contributed by atoms with van der Waals surface area (Å²) in [7, 11) is 0. The molecule has 0 radical (unpaired) electrons. The largest absolute Gasteiger partial charge is 0.444 e. The first-order chi connectivity index (χ1) is 9.15. The van der Waals surface area contributed by atoms with E-state index in [1.165, 1.54) is 6.07 Å². The van der Waals surface area contributed by atoms with E-state index in [-0.39, 0.29) is 11.5 Å². The summed E-state index contributed by atoms with van der Waals surface area (Å²) in [4.78, 5) is 20.3. The molecule has 7 nitrogen and oxygen atoms in total. The standard InChI is InChI=1S/C5H5FN2O2.C5H11NO2.C2H6/c6-2-3-1-4(5(7)9)8-10-3;1-5(2,3)8-4(6)7;1-2/h1H,2H2,(H2,7,9);1-3H3,(H2,6,7);1-2H3. The summed E-state index contributed by atoms with van der Waals surface area (Å²) in [5, 5.41) is 3.20. The first kappa shape index (κ1) is 20.2. The highest BCUT2D eigenvalue weighted by atomic mass is 19.1. The van der Waals surface area contributed by atoms with Crippen molar-refractivity contribution in [3.05, 3.63) is 17.5 Å². The molecule has 1 heterocycles. The minimum atomic E-state index is -0.777. The Labute approximate surface area is 117 Å². The second-order valence-electron chi connectivity index (χ2n) is 4.21. The molecule has 4 N–H and O–H groups in total. The van der Waals surface area contributed by atoms with Gasteiger partial charge in [-0.2, -0.15) is 0 Å². The zero-order chi connectivity index (χ0) is 16.3. The number of carbonyl (C=O) groups excluding carboxylic acids is 2. The van der Waals surface area contributed by atoms with E-state index < -0.39 is 24.3 Å². The molecule has 0 fully saturated rings. The van der Waals surface area contributed by atoms with Gasteiger partial charge in [0.1, 0.15) is 12.3 Å². The summed E-state index contributed by atoms with van der Waals surface area (Å²) in [5.41, 5.74) is 9.01. The van der Waals surface area contributed by atoms with Crippen LogP contribution in [0.1, 0.15) is 50.9 Å². The number of hydrogen-bond donors (Lipinski definition) is 2. The molecule has 1 aromatic rings. The summed E-state index contributed by atoms with van der Waals surface area (Å²) in [6.45, 7) is 8.51. The first-order valence-electron chi connectivity index (χ1n) is 5.95. The maximum Gasteiger partial charge on any atom is 0.405 e. The number of nitrogens with two attached hydrogens (primary N) is 2. The average molecular weight is 291 g/mol. The minimum absolute atomic E-state index is 0.00815. The van der Waals surface area contributed by atoms with E-state index in [1.807, 2.05) is 13.8 Å². The van der Waals surface area contributed by atoms with Crippen molar-refractivity contribution in [2.24, 2.45) is 11.5 Å². The van der Waals surface area contributed by atoms with Gasteiger partial charge in [-0.3, -0.25) is 4.79 Å². The van der Waals surface area contributed by atoms with Gasteiger partial charge in [0.05, 0.1) is 0 Å². The van der Waals surface area contributed by atoms with Crippen LogP contribution >= 0.6 is 0 Å². The van der Waals surface area contributed by atoms with Crippen LogP contribution in [0.15, 0.2) is 10.6 Å². The molecular weight excluding hydrogens is 269 g/mol. The summed E-state index contributed by atoms with van der Waals surface area (Å²) in [6.07, 6.45) is -0.725. The topological polar surface area (TPSA) is 121 Å². The second kappa shape index (κ2) is 9.76. The molecule has 0 bridgehead atoms. The number of ether oxygens (including phenoxy) is 1. The number of alkyl halides is 1. The van der Waals surface area contributed by atoms with Crippen LogP contribution in [0.4, 0.5) is 9.18 Å². The van der Waals surface area contributed by atoms with Crippen molar-refractivity contribution in [1.29, 1.82) is 0 Å². The molecule has 2 amide bonds. The van der Waals surface area contributed by atoms with Crippen molar-refractivity contribution in [2.75, 3.05) is 0 Å². The van der Waals surface area contributed by atoms with Gasteiger partial charge in [0, 0.05) is 6.07 Å². The van der Waals surface area contributed by atoms with Crippen LogP contribution in [-0.2, 0) is 11.4 Å². The maximum absolute atomic E-state index is 11.7. The molecule has 0 saturated heterocycles. The zero-order valence-electron chi connectivity index (χ0n) is 12.4. The fraction of sp³-hybridized carbons (Fsp3) is 0.583. The number of amides is 2. The first-order valence-corrected chi connectivity index (χ1v) is 5.95. The fourth-order valence-electron chi connectivity index (χ4n) is 0.794. The summed E-state index contributed by atoms with van der Waals surface area (Å²) < 4.78 is 20.6. The molecule has 0 aliphatic carbocycles. The smallest absolute Gasteiger partial charge is 0.405 e. The van der Waals surface area contributed by atoms with Gasteiger partial charge in [0.15, 0.2) is 11.5 Å². The number of halogens is 1. The van der Waals surface area contributed by atoms with Crippen molar-refractivity contribution in [1.82, 2.24) is 5.16 Å². The molecule has 1 rings (SSSR count).